The fraction of sp³-hybridized carbons (Fsp3) is 0.929. The smallest absolute Gasteiger partial charge is 0.225 e. The van der Waals surface area contributed by atoms with Gasteiger partial charge in [-0.15, -0.1) is 0 Å². The minimum Gasteiger partial charge on any atom is -0.394 e. The van der Waals surface area contributed by atoms with Crippen LogP contribution < -0.4 is 5.73 Å². The molecule has 0 spiro atoms. The van der Waals surface area contributed by atoms with E-state index in [0.29, 0.717) is 25.6 Å². The van der Waals surface area contributed by atoms with E-state index in [1.165, 1.54) is 0 Å². The Labute approximate surface area is 115 Å². The Morgan fingerprint density at radius 3 is 3.00 bits per heavy atom. The van der Waals surface area contributed by atoms with E-state index in [9.17, 15) is 4.79 Å². The third-order valence-corrected chi connectivity index (χ3v) is 4.51. The number of carbonyl (C=O) groups is 1. The van der Waals surface area contributed by atoms with E-state index in [-0.39, 0.29) is 30.6 Å². The molecule has 19 heavy (non-hydrogen) atoms. The van der Waals surface area contributed by atoms with Gasteiger partial charge in [-0.1, -0.05) is 13.3 Å². The first-order valence-electron chi connectivity index (χ1n) is 7.38. The van der Waals surface area contributed by atoms with Crippen molar-refractivity contribution in [3.05, 3.63) is 0 Å². The van der Waals surface area contributed by atoms with E-state index in [4.69, 9.17) is 15.6 Å². The Balaban J connectivity index is 1.90. The van der Waals surface area contributed by atoms with Gasteiger partial charge in [0.15, 0.2) is 0 Å². The fourth-order valence-corrected chi connectivity index (χ4v) is 3.24. The number of nitrogens with two attached hydrogens (primary N) is 1. The molecule has 1 aliphatic heterocycles. The zero-order valence-electron chi connectivity index (χ0n) is 11.8. The maximum atomic E-state index is 12.5. The van der Waals surface area contributed by atoms with Crippen molar-refractivity contribution in [1.82, 2.24) is 4.90 Å². The standard InChI is InChI=1S/C14H26N2O3/c1-10(11-3-2-4-12(15)7-11)14(18)16-5-6-19-13(8-16)9-17/h10-13,17H,2-9,15H2,1H3. The number of amides is 1. The SMILES string of the molecule is CC(C(=O)N1CCOC(CO)C1)C1CCCC(N)C1. The summed E-state index contributed by atoms with van der Waals surface area (Å²) in [6, 6.07) is 0.254. The number of morpholine rings is 1. The molecule has 1 saturated carbocycles. The summed E-state index contributed by atoms with van der Waals surface area (Å²) in [7, 11) is 0. The number of hydrogen-bond donors (Lipinski definition) is 2. The molecular weight excluding hydrogens is 244 g/mol. The molecule has 1 heterocycles. The van der Waals surface area contributed by atoms with Crippen LogP contribution in [0, 0.1) is 11.8 Å². The molecule has 0 aromatic carbocycles. The summed E-state index contributed by atoms with van der Waals surface area (Å²) in [6.07, 6.45) is 4.06. The maximum absolute atomic E-state index is 12.5. The first-order chi connectivity index (χ1) is 9.11. The lowest BCUT2D eigenvalue weighted by Crippen LogP contribution is -2.50. The number of nitrogens with zero attached hydrogens (tertiary/aromatic N) is 1. The monoisotopic (exact) mass is 270 g/mol. The van der Waals surface area contributed by atoms with Crippen LogP contribution in [0.5, 0.6) is 0 Å². The van der Waals surface area contributed by atoms with Crippen LogP contribution in [0.2, 0.25) is 0 Å². The Kier molecular flexibility index (Phi) is 5.19. The highest BCUT2D eigenvalue weighted by molar-refractivity contribution is 5.79. The lowest BCUT2D eigenvalue weighted by atomic mass is 9.78. The van der Waals surface area contributed by atoms with E-state index in [1.54, 1.807) is 0 Å². The average Bonchev–Trinajstić information content (AvgIpc) is 2.45. The molecule has 110 valence electrons. The van der Waals surface area contributed by atoms with Crippen molar-refractivity contribution in [2.75, 3.05) is 26.3 Å². The second kappa shape index (κ2) is 6.68. The van der Waals surface area contributed by atoms with Crippen LogP contribution in [0.4, 0.5) is 0 Å². The van der Waals surface area contributed by atoms with E-state index in [2.05, 4.69) is 0 Å². The summed E-state index contributed by atoms with van der Waals surface area (Å²) in [6.45, 7) is 3.67. The van der Waals surface area contributed by atoms with Crippen LogP contribution in [0.1, 0.15) is 32.6 Å². The van der Waals surface area contributed by atoms with Crippen molar-refractivity contribution in [1.29, 1.82) is 0 Å². The maximum Gasteiger partial charge on any atom is 0.225 e. The lowest BCUT2D eigenvalue weighted by molar-refractivity contribution is -0.146. The number of aliphatic hydroxyl groups is 1. The molecule has 5 nitrogen and oxygen atoms in total. The summed E-state index contributed by atoms with van der Waals surface area (Å²) in [5, 5.41) is 9.13. The Hall–Kier alpha value is -0.650. The Morgan fingerprint density at radius 2 is 2.32 bits per heavy atom. The fourth-order valence-electron chi connectivity index (χ4n) is 3.24. The molecule has 3 N–H and O–H groups in total. The molecule has 2 rings (SSSR count). The zero-order chi connectivity index (χ0) is 13.8. The van der Waals surface area contributed by atoms with Gasteiger partial charge in [-0.2, -0.15) is 0 Å². The molecule has 0 aromatic heterocycles. The first-order valence-corrected chi connectivity index (χ1v) is 7.38. The van der Waals surface area contributed by atoms with Gasteiger partial charge >= 0.3 is 0 Å². The highest BCUT2D eigenvalue weighted by atomic mass is 16.5. The summed E-state index contributed by atoms with van der Waals surface area (Å²) in [5.74, 6) is 0.635. The summed E-state index contributed by atoms with van der Waals surface area (Å²) in [4.78, 5) is 14.4. The van der Waals surface area contributed by atoms with Crippen molar-refractivity contribution >= 4 is 5.91 Å². The number of aliphatic hydroxyl groups excluding tert-OH is 1. The van der Waals surface area contributed by atoms with Gasteiger partial charge in [0, 0.05) is 25.0 Å². The average molecular weight is 270 g/mol. The van der Waals surface area contributed by atoms with Crippen molar-refractivity contribution in [3.8, 4) is 0 Å². The van der Waals surface area contributed by atoms with Crippen LogP contribution in [-0.2, 0) is 9.53 Å². The summed E-state index contributed by atoms with van der Waals surface area (Å²) >= 11 is 0. The van der Waals surface area contributed by atoms with Crippen molar-refractivity contribution in [2.24, 2.45) is 17.6 Å². The predicted octanol–water partition coefficient (Wildman–Crippen LogP) is 0.360. The van der Waals surface area contributed by atoms with Crippen molar-refractivity contribution in [2.45, 2.75) is 44.8 Å². The number of ether oxygens (including phenoxy) is 1. The highest BCUT2D eigenvalue weighted by Crippen LogP contribution is 2.30. The van der Waals surface area contributed by atoms with Crippen LogP contribution in [-0.4, -0.2) is 54.4 Å². The molecule has 0 bridgehead atoms. The number of hydrogen-bond acceptors (Lipinski definition) is 4. The van der Waals surface area contributed by atoms with E-state index in [1.807, 2.05) is 11.8 Å². The van der Waals surface area contributed by atoms with Crippen molar-refractivity contribution < 1.29 is 14.6 Å². The minimum absolute atomic E-state index is 0.0214. The molecule has 2 aliphatic rings. The van der Waals surface area contributed by atoms with Crippen LogP contribution in [0.25, 0.3) is 0 Å². The van der Waals surface area contributed by atoms with Gasteiger partial charge in [0.05, 0.1) is 19.3 Å². The quantitative estimate of drug-likeness (QED) is 0.776. The molecule has 4 unspecified atom stereocenters. The van der Waals surface area contributed by atoms with E-state index >= 15 is 0 Å². The molecular formula is C14H26N2O3. The topological polar surface area (TPSA) is 75.8 Å². The van der Waals surface area contributed by atoms with Crippen molar-refractivity contribution in [3.63, 3.8) is 0 Å². The third-order valence-electron chi connectivity index (χ3n) is 4.51. The second-order valence-electron chi connectivity index (χ2n) is 5.94. The normalized spacial score (nSPS) is 34.1. The molecule has 1 saturated heterocycles. The summed E-state index contributed by atoms with van der Waals surface area (Å²) in [5.41, 5.74) is 6.01. The summed E-state index contributed by atoms with van der Waals surface area (Å²) < 4.78 is 5.39. The largest absolute Gasteiger partial charge is 0.394 e. The highest BCUT2D eigenvalue weighted by Gasteiger charge is 2.33. The number of rotatable bonds is 3. The van der Waals surface area contributed by atoms with Gasteiger partial charge in [0.2, 0.25) is 5.91 Å². The molecule has 2 fully saturated rings. The van der Waals surface area contributed by atoms with Gasteiger partial charge in [-0.05, 0) is 25.2 Å². The lowest BCUT2D eigenvalue weighted by Gasteiger charge is -2.37. The van der Waals surface area contributed by atoms with E-state index in [0.717, 1.165) is 25.7 Å². The Bertz CT molecular complexity index is 311. The van der Waals surface area contributed by atoms with E-state index < -0.39 is 0 Å². The number of carbonyl (C=O) groups excluding carboxylic acids is 1. The van der Waals surface area contributed by atoms with Crippen LogP contribution in [0.3, 0.4) is 0 Å². The van der Waals surface area contributed by atoms with Crippen LogP contribution in [0.15, 0.2) is 0 Å². The molecule has 0 radical (unpaired) electrons. The molecule has 4 atom stereocenters. The molecule has 1 aliphatic carbocycles. The van der Waals surface area contributed by atoms with Gasteiger partial charge in [0.1, 0.15) is 0 Å². The molecule has 5 heteroatoms. The molecule has 0 aromatic rings. The predicted molar refractivity (Wildman–Crippen MR) is 72.5 cm³/mol. The third kappa shape index (κ3) is 3.68. The van der Waals surface area contributed by atoms with Gasteiger partial charge in [-0.3, -0.25) is 4.79 Å². The molecule has 1 amide bonds. The Morgan fingerprint density at radius 1 is 1.53 bits per heavy atom. The second-order valence-corrected chi connectivity index (χ2v) is 5.94. The minimum atomic E-state index is -0.224. The zero-order valence-corrected chi connectivity index (χ0v) is 11.8. The first kappa shape index (κ1) is 14.8. The van der Waals surface area contributed by atoms with Gasteiger partial charge in [0.25, 0.3) is 0 Å². The van der Waals surface area contributed by atoms with Crippen LogP contribution >= 0.6 is 0 Å². The van der Waals surface area contributed by atoms with Gasteiger partial charge in [-0.25, -0.2) is 0 Å². The van der Waals surface area contributed by atoms with Gasteiger partial charge < -0.3 is 20.5 Å².